The third kappa shape index (κ3) is 1.84. The minimum atomic E-state index is 0.732. The molecule has 0 atom stereocenters. The quantitative estimate of drug-likeness (QED) is 0.632. The van der Waals surface area contributed by atoms with Crippen molar-refractivity contribution >= 4 is 38.6 Å². The first-order valence-corrected chi connectivity index (χ1v) is 7.07. The van der Waals surface area contributed by atoms with Crippen LogP contribution in [-0.4, -0.2) is 9.55 Å². The van der Waals surface area contributed by atoms with E-state index in [1.54, 1.807) is 0 Å². The Labute approximate surface area is 118 Å². The summed E-state index contributed by atoms with van der Waals surface area (Å²) < 4.78 is 2.04. The van der Waals surface area contributed by atoms with E-state index in [2.05, 4.69) is 27.0 Å². The first-order chi connectivity index (χ1) is 8.81. The van der Waals surface area contributed by atoms with Gasteiger partial charge in [-0.1, -0.05) is 51.8 Å². The predicted octanol–water partition coefficient (Wildman–Crippen LogP) is 4.57. The Hall–Kier alpha value is -1.32. The summed E-state index contributed by atoms with van der Waals surface area (Å²) in [6.45, 7) is 0. The van der Waals surface area contributed by atoms with Crippen molar-refractivity contribution in [2.75, 3.05) is 0 Å². The molecule has 0 fully saturated rings. The van der Waals surface area contributed by atoms with E-state index in [9.17, 15) is 0 Å². The molecule has 0 aliphatic rings. The standard InChI is InChI=1S/C14H10BrClN2/c15-8-10-4-3-5-11(16)14(10)18-9-17-12-6-1-2-7-13(12)18/h1-7,9H,8H2. The van der Waals surface area contributed by atoms with Crippen LogP contribution >= 0.6 is 27.5 Å². The molecule has 90 valence electrons. The van der Waals surface area contributed by atoms with Gasteiger partial charge in [-0.05, 0) is 23.8 Å². The number of para-hydroxylation sites is 3. The molecule has 0 spiro atoms. The SMILES string of the molecule is Clc1cccc(CBr)c1-n1cnc2ccccc21. The van der Waals surface area contributed by atoms with Gasteiger partial charge in [0, 0.05) is 5.33 Å². The van der Waals surface area contributed by atoms with E-state index >= 15 is 0 Å². The number of imidazole rings is 1. The Bertz CT molecular complexity index is 706. The molecule has 1 heterocycles. The number of fused-ring (bicyclic) bond motifs is 1. The first kappa shape index (κ1) is 11.8. The highest BCUT2D eigenvalue weighted by Gasteiger charge is 2.11. The van der Waals surface area contributed by atoms with Gasteiger partial charge in [-0.3, -0.25) is 4.57 Å². The molecule has 2 nitrogen and oxygen atoms in total. The van der Waals surface area contributed by atoms with Gasteiger partial charge in [0.1, 0.15) is 6.33 Å². The lowest BCUT2D eigenvalue weighted by Gasteiger charge is -2.11. The third-order valence-electron chi connectivity index (χ3n) is 2.91. The van der Waals surface area contributed by atoms with E-state index in [0.29, 0.717) is 0 Å². The molecule has 1 aromatic heterocycles. The second-order valence-electron chi connectivity index (χ2n) is 3.98. The van der Waals surface area contributed by atoms with Crippen molar-refractivity contribution in [3.63, 3.8) is 0 Å². The number of alkyl halides is 1. The predicted molar refractivity (Wildman–Crippen MR) is 78.7 cm³/mol. The molecule has 4 heteroatoms. The van der Waals surface area contributed by atoms with Gasteiger partial charge < -0.3 is 0 Å². The van der Waals surface area contributed by atoms with Gasteiger partial charge in [-0.15, -0.1) is 0 Å². The molecule has 0 saturated carbocycles. The lowest BCUT2D eigenvalue weighted by Crippen LogP contribution is -1.97. The van der Waals surface area contributed by atoms with E-state index in [4.69, 9.17) is 11.6 Å². The van der Waals surface area contributed by atoms with Crippen molar-refractivity contribution in [1.29, 1.82) is 0 Å². The molecule has 0 aliphatic carbocycles. The summed E-state index contributed by atoms with van der Waals surface area (Å²) in [6, 6.07) is 14.0. The van der Waals surface area contributed by atoms with Gasteiger partial charge in [0.2, 0.25) is 0 Å². The van der Waals surface area contributed by atoms with E-state index in [-0.39, 0.29) is 0 Å². The van der Waals surface area contributed by atoms with Crippen molar-refractivity contribution in [3.05, 3.63) is 59.4 Å². The average molecular weight is 322 g/mol. The van der Waals surface area contributed by atoms with Gasteiger partial charge >= 0.3 is 0 Å². The largest absolute Gasteiger partial charge is 0.297 e. The number of hydrogen-bond donors (Lipinski definition) is 0. The molecule has 3 aromatic rings. The van der Waals surface area contributed by atoms with Crippen LogP contribution in [0.25, 0.3) is 16.7 Å². The molecule has 0 unspecified atom stereocenters. The minimum absolute atomic E-state index is 0.732. The molecule has 18 heavy (non-hydrogen) atoms. The molecule has 0 bridgehead atoms. The van der Waals surface area contributed by atoms with Crippen LogP contribution in [0, 0.1) is 0 Å². The first-order valence-electron chi connectivity index (χ1n) is 5.57. The summed E-state index contributed by atoms with van der Waals surface area (Å²) in [6.07, 6.45) is 1.82. The van der Waals surface area contributed by atoms with Crippen LogP contribution in [-0.2, 0) is 5.33 Å². The van der Waals surface area contributed by atoms with E-state index in [1.807, 2.05) is 47.3 Å². The highest BCUT2D eigenvalue weighted by Crippen LogP contribution is 2.29. The zero-order valence-corrected chi connectivity index (χ0v) is 11.8. The maximum atomic E-state index is 6.33. The Morgan fingerprint density at radius 2 is 1.94 bits per heavy atom. The summed E-state index contributed by atoms with van der Waals surface area (Å²) in [5.41, 5.74) is 4.17. The lowest BCUT2D eigenvalue weighted by atomic mass is 10.2. The van der Waals surface area contributed by atoms with Crippen molar-refractivity contribution in [2.24, 2.45) is 0 Å². The Balaban J connectivity index is 2.33. The van der Waals surface area contributed by atoms with Crippen LogP contribution in [0.4, 0.5) is 0 Å². The Morgan fingerprint density at radius 3 is 2.78 bits per heavy atom. The van der Waals surface area contributed by atoms with E-state index in [1.165, 1.54) is 0 Å². The van der Waals surface area contributed by atoms with Crippen LogP contribution in [0.3, 0.4) is 0 Å². The van der Waals surface area contributed by atoms with E-state index in [0.717, 1.165) is 32.6 Å². The fourth-order valence-electron chi connectivity index (χ4n) is 2.07. The molecule has 0 saturated heterocycles. The Morgan fingerprint density at radius 1 is 1.11 bits per heavy atom. The molecule has 0 radical (unpaired) electrons. The molecule has 0 aliphatic heterocycles. The average Bonchev–Trinajstić information content (AvgIpc) is 2.82. The number of rotatable bonds is 2. The molecule has 0 amide bonds. The van der Waals surface area contributed by atoms with Gasteiger partial charge in [0.25, 0.3) is 0 Å². The molecular formula is C14H10BrClN2. The van der Waals surface area contributed by atoms with Crippen molar-refractivity contribution < 1.29 is 0 Å². The normalized spacial score (nSPS) is 11.0. The summed E-state index contributed by atoms with van der Waals surface area (Å²) in [5.74, 6) is 0. The Kier molecular flexibility index (Phi) is 3.10. The minimum Gasteiger partial charge on any atom is -0.297 e. The van der Waals surface area contributed by atoms with Crippen LogP contribution < -0.4 is 0 Å². The van der Waals surface area contributed by atoms with Gasteiger partial charge in [0.05, 0.1) is 21.7 Å². The number of hydrogen-bond acceptors (Lipinski definition) is 1. The molecular weight excluding hydrogens is 312 g/mol. The van der Waals surface area contributed by atoms with Gasteiger partial charge in [-0.2, -0.15) is 0 Å². The fourth-order valence-corrected chi connectivity index (χ4v) is 2.81. The summed E-state index contributed by atoms with van der Waals surface area (Å²) in [5, 5.41) is 1.49. The second-order valence-corrected chi connectivity index (χ2v) is 4.95. The van der Waals surface area contributed by atoms with Crippen molar-refractivity contribution in [3.8, 4) is 5.69 Å². The summed E-state index contributed by atoms with van der Waals surface area (Å²) in [4.78, 5) is 4.40. The summed E-state index contributed by atoms with van der Waals surface area (Å²) in [7, 11) is 0. The third-order valence-corrected chi connectivity index (χ3v) is 3.82. The lowest BCUT2D eigenvalue weighted by molar-refractivity contribution is 1.07. The zero-order valence-electron chi connectivity index (χ0n) is 9.48. The van der Waals surface area contributed by atoms with Crippen LogP contribution in [0.2, 0.25) is 5.02 Å². The highest BCUT2D eigenvalue weighted by atomic mass is 79.9. The van der Waals surface area contributed by atoms with Crippen molar-refractivity contribution in [1.82, 2.24) is 9.55 Å². The van der Waals surface area contributed by atoms with Crippen molar-refractivity contribution in [2.45, 2.75) is 5.33 Å². The molecule has 3 rings (SSSR count). The molecule has 0 N–H and O–H groups in total. The van der Waals surface area contributed by atoms with Crippen LogP contribution in [0.1, 0.15) is 5.56 Å². The van der Waals surface area contributed by atoms with E-state index < -0.39 is 0 Å². The number of aromatic nitrogens is 2. The van der Waals surface area contributed by atoms with Gasteiger partial charge in [-0.25, -0.2) is 4.98 Å². The number of nitrogens with zero attached hydrogens (tertiary/aromatic N) is 2. The van der Waals surface area contributed by atoms with Gasteiger partial charge in [0.15, 0.2) is 0 Å². The second kappa shape index (κ2) is 4.75. The number of halogens is 2. The molecule has 2 aromatic carbocycles. The topological polar surface area (TPSA) is 17.8 Å². The van der Waals surface area contributed by atoms with Crippen LogP contribution in [0.15, 0.2) is 48.8 Å². The fraction of sp³-hybridized carbons (Fsp3) is 0.0714. The number of benzene rings is 2. The smallest absolute Gasteiger partial charge is 0.100 e. The van der Waals surface area contributed by atoms with Crippen LogP contribution in [0.5, 0.6) is 0 Å². The highest BCUT2D eigenvalue weighted by molar-refractivity contribution is 9.08. The maximum Gasteiger partial charge on any atom is 0.100 e. The monoisotopic (exact) mass is 320 g/mol. The summed E-state index contributed by atoms with van der Waals surface area (Å²) >= 11 is 9.83. The maximum absolute atomic E-state index is 6.33. The zero-order chi connectivity index (χ0) is 12.5.